The van der Waals surface area contributed by atoms with E-state index in [1.54, 1.807) is 0 Å². The van der Waals surface area contributed by atoms with E-state index in [1.165, 1.54) is 19.3 Å². The highest BCUT2D eigenvalue weighted by atomic mass is 35.5. The summed E-state index contributed by atoms with van der Waals surface area (Å²) in [4.78, 5) is 17.5. The molecule has 0 radical (unpaired) electrons. The molecular formula is C13H22ClN5. The van der Waals surface area contributed by atoms with Gasteiger partial charge in [-0.3, -0.25) is 0 Å². The third-order valence-corrected chi connectivity index (χ3v) is 3.61. The van der Waals surface area contributed by atoms with Crippen molar-refractivity contribution in [2.75, 3.05) is 29.4 Å². The lowest BCUT2D eigenvalue weighted by Gasteiger charge is -2.29. The van der Waals surface area contributed by atoms with Crippen LogP contribution in [0.2, 0.25) is 5.28 Å². The molecule has 2 heterocycles. The van der Waals surface area contributed by atoms with Crippen molar-refractivity contribution >= 4 is 23.5 Å². The van der Waals surface area contributed by atoms with Crippen LogP contribution >= 0.6 is 11.6 Å². The number of rotatable bonds is 4. The molecule has 5 nitrogen and oxygen atoms in total. The molecule has 0 amide bonds. The molecule has 1 aromatic rings. The first-order valence-corrected chi connectivity index (χ1v) is 7.42. The summed E-state index contributed by atoms with van der Waals surface area (Å²) in [5.41, 5.74) is 0. The second-order valence-corrected chi connectivity index (χ2v) is 5.47. The molecule has 1 aliphatic rings. The predicted molar refractivity (Wildman–Crippen MR) is 79.1 cm³/mol. The minimum absolute atomic E-state index is 0.282. The molecule has 1 aliphatic heterocycles. The summed E-state index contributed by atoms with van der Waals surface area (Å²) >= 11 is 6.06. The maximum Gasteiger partial charge on any atom is 0.231 e. The molecule has 6 heteroatoms. The van der Waals surface area contributed by atoms with Crippen molar-refractivity contribution in [3.63, 3.8) is 0 Å². The van der Waals surface area contributed by atoms with Crippen LogP contribution in [-0.4, -0.2) is 40.6 Å². The van der Waals surface area contributed by atoms with Crippen LogP contribution in [0.1, 0.15) is 40.0 Å². The molecule has 0 unspecified atom stereocenters. The van der Waals surface area contributed by atoms with Gasteiger partial charge in [-0.1, -0.05) is 0 Å². The Morgan fingerprint density at radius 1 is 1.16 bits per heavy atom. The Bertz CT molecular complexity index is 417. The Balaban J connectivity index is 2.27. The Hall–Kier alpha value is -1.10. The molecule has 1 fully saturated rings. The van der Waals surface area contributed by atoms with E-state index in [-0.39, 0.29) is 5.28 Å². The molecule has 0 atom stereocenters. The second kappa shape index (κ2) is 6.37. The van der Waals surface area contributed by atoms with E-state index in [9.17, 15) is 0 Å². The minimum atomic E-state index is 0.282. The molecule has 19 heavy (non-hydrogen) atoms. The molecule has 2 rings (SSSR count). The lowest BCUT2D eigenvalue weighted by Crippen LogP contribution is -2.35. The van der Waals surface area contributed by atoms with Crippen molar-refractivity contribution in [3.8, 4) is 0 Å². The fourth-order valence-electron chi connectivity index (χ4n) is 2.43. The van der Waals surface area contributed by atoms with Crippen molar-refractivity contribution in [1.82, 2.24) is 15.0 Å². The number of hydrogen-bond donors (Lipinski definition) is 0. The first kappa shape index (κ1) is 14.3. The number of hydrogen-bond acceptors (Lipinski definition) is 5. The van der Waals surface area contributed by atoms with Crippen molar-refractivity contribution < 1.29 is 0 Å². The van der Waals surface area contributed by atoms with Crippen LogP contribution in [0, 0.1) is 0 Å². The van der Waals surface area contributed by atoms with E-state index < -0.39 is 0 Å². The lowest BCUT2D eigenvalue weighted by molar-refractivity contribution is 0.566. The summed E-state index contributed by atoms with van der Waals surface area (Å²) in [5, 5.41) is 0.282. The van der Waals surface area contributed by atoms with Gasteiger partial charge in [-0.25, -0.2) is 0 Å². The molecule has 1 saturated heterocycles. The van der Waals surface area contributed by atoms with Gasteiger partial charge in [0.25, 0.3) is 0 Å². The zero-order valence-corrected chi connectivity index (χ0v) is 12.7. The maximum absolute atomic E-state index is 6.06. The first-order valence-electron chi connectivity index (χ1n) is 7.05. The zero-order valence-electron chi connectivity index (χ0n) is 11.9. The summed E-state index contributed by atoms with van der Waals surface area (Å²) in [6.07, 6.45) is 3.68. The SMILES string of the molecule is CCN(c1nc(Cl)nc(N2CCCCC2)n1)C(C)C. The van der Waals surface area contributed by atoms with Gasteiger partial charge in [-0.05, 0) is 51.6 Å². The van der Waals surface area contributed by atoms with Crippen LogP contribution in [-0.2, 0) is 0 Å². The van der Waals surface area contributed by atoms with E-state index in [2.05, 4.69) is 45.5 Å². The summed E-state index contributed by atoms with van der Waals surface area (Å²) in [5.74, 6) is 1.40. The summed E-state index contributed by atoms with van der Waals surface area (Å²) in [6.45, 7) is 9.22. The van der Waals surface area contributed by atoms with E-state index in [0.717, 1.165) is 19.6 Å². The van der Waals surface area contributed by atoms with E-state index in [1.807, 2.05) is 0 Å². The third kappa shape index (κ3) is 3.47. The molecule has 106 valence electrons. The predicted octanol–water partition coefficient (Wildman–Crippen LogP) is 2.75. The third-order valence-electron chi connectivity index (χ3n) is 3.44. The first-order chi connectivity index (χ1) is 9.11. The molecule has 0 aliphatic carbocycles. The van der Waals surface area contributed by atoms with Crippen molar-refractivity contribution in [3.05, 3.63) is 5.28 Å². The maximum atomic E-state index is 6.06. The molecule has 0 saturated carbocycles. The fourth-order valence-corrected chi connectivity index (χ4v) is 2.58. The van der Waals surface area contributed by atoms with Crippen LogP contribution in [0.25, 0.3) is 0 Å². The van der Waals surface area contributed by atoms with Gasteiger partial charge >= 0.3 is 0 Å². The van der Waals surface area contributed by atoms with E-state index in [4.69, 9.17) is 11.6 Å². The number of anilines is 2. The lowest BCUT2D eigenvalue weighted by atomic mass is 10.1. The summed E-state index contributed by atoms with van der Waals surface area (Å²) in [6, 6.07) is 0.345. The average molecular weight is 284 g/mol. The molecular weight excluding hydrogens is 262 g/mol. The van der Waals surface area contributed by atoms with Gasteiger partial charge in [0.05, 0.1) is 0 Å². The Kier molecular flexibility index (Phi) is 4.80. The smallest absolute Gasteiger partial charge is 0.231 e. The van der Waals surface area contributed by atoms with Crippen molar-refractivity contribution in [2.24, 2.45) is 0 Å². The summed E-state index contributed by atoms with van der Waals surface area (Å²) in [7, 11) is 0. The van der Waals surface area contributed by atoms with Gasteiger partial charge in [-0.15, -0.1) is 0 Å². The van der Waals surface area contributed by atoms with Crippen LogP contribution in [0.15, 0.2) is 0 Å². The van der Waals surface area contributed by atoms with Gasteiger partial charge in [-0.2, -0.15) is 15.0 Å². The average Bonchev–Trinajstić information content (AvgIpc) is 2.39. The molecule has 0 N–H and O–H groups in total. The van der Waals surface area contributed by atoms with E-state index in [0.29, 0.717) is 17.9 Å². The number of piperidine rings is 1. The van der Waals surface area contributed by atoms with Crippen LogP contribution in [0.3, 0.4) is 0 Å². The van der Waals surface area contributed by atoms with Crippen molar-refractivity contribution in [2.45, 2.75) is 46.1 Å². The normalized spacial score (nSPS) is 15.9. The van der Waals surface area contributed by atoms with Crippen molar-refractivity contribution in [1.29, 1.82) is 0 Å². The highest BCUT2D eigenvalue weighted by Gasteiger charge is 2.18. The largest absolute Gasteiger partial charge is 0.341 e. The van der Waals surface area contributed by atoms with Gasteiger partial charge in [0.1, 0.15) is 0 Å². The van der Waals surface area contributed by atoms with E-state index >= 15 is 0 Å². The van der Waals surface area contributed by atoms with Crippen LogP contribution in [0.5, 0.6) is 0 Å². The quantitative estimate of drug-likeness (QED) is 0.850. The Morgan fingerprint density at radius 3 is 2.42 bits per heavy atom. The Morgan fingerprint density at radius 2 is 1.84 bits per heavy atom. The zero-order chi connectivity index (χ0) is 13.8. The number of nitrogens with zero attached hydrogens (tertiary/aromatic N) is 5. The highest BCUT2D eigenvalue weighted by Crippen LogP contribution is 2.21. The highest BCUT2D eigenvalue weighted by molar-refractivity contribution is 6.28. The van der Waals surface area contributed by atoms with Crippen LogP contribution in [0.4, 0.5) is 11.9 Å². The molecule has 0 aromatic carbocycles. The van der Waals surface area contributed by atoms with Crippen LogP contribution < -0.4 is 9.80 Å². The monoisotopic (exact) mass is 283 g/mol. The molecule has 0 spiro atoms. The number of halogens is 1. The van der Waals surface area contributed by atoms with Gasteiger partial charge in [0, 0.05) is 25.7 Å². The topological polar surface area (TPSA) is 45.2 Å². The fraction of sp³-hybridized carbons (Fsp3) is 0.769. The van der Waals surface area contributed by atoms with Gasteiger partial charge < -0.3 is 9.80 Å². The number of aromatic nitrogens is 3. The van der Waals surface area contributed by atoms with Gasteiger partial charge in [0.15, 0.2) is 0 Å². The Labute approximate surface area is 120 Å². The molecule has 1 aromatic heterocycles. The molecule has 0 bridgehead atoms. The van der Waals surface area contributed by atoms with Gasteiger partial charge in [0.2, 0.25) is 17.2 Å². The standard InChI is InChI=1S/C13H22ClN5/c1-4-19(10(2)3)13-16-11(14)15-12(17-13)18-8-6-5-7-9-18/h10H,4-9H2,1-3H3. The summed E-state index contributed by atoms with van der Waals surface area (Å²) < 4.78 is 0. The second-order valence-electron chi connectivity index (χ2n) is 5.13. The minimum Gasteiger partial charge on any atom is -0.341 e.